The minimum Gasteiger partial charge on any atom is -0.462 e. The third kappa shape index (κ3) is 5.82. The van der Waals surface area contributed by atoms with Gasteiger partial charge in [0.05, 0.1) is 18.7 Å². The summed E-state index contributed by atoms with van der Waals surface area (Å²) in [5.74, 6) is -0.566. The van der Waals surface area contributed by atoms with E-state index in [-0.39, 0.29) is 24.4 Å². The van der Waals surface area contributed by atoms with Crippen molar-refractivity contribution in [3.05, 3.63) is 17.0 Å². The van der Waals surface area contributed by atoms with Crippen LogP contribution in [-0.2, 0) is 14.3 Å². The second-order valence-electron chi connectivity index (χ2n) is 5.93. The first-order valence-electron chi connectivity index (χ1n) is 8.59. The third-order valence-electron chi connectivity index (χ3n) is 3.97. The van der Waals surface area contributed by atoms with Gasteiger partial charge in [-0.15, -0.1) is 11.3 Å². The lowest BCUT2D eigenvalue weighted by atomic mass is 10.1. The molecule has 25 heavy (non-hydrogen) atoms. The number of nitrogens with one attached hydrogen (secondary N) is 2. The fraction of sp³-hybridized carbons (Fsp3) is 0.588. The Morgan fingerprint density at radius 3 is 2.84 bits per heavy atom. The number of anilines is 1. The predicted molar refractivity (Wildman–Crippen MR) is 96.8 cm³/mol. The van der Waals surface area contributed by atoms with E-state index in [0.29, 0.717) is 30.1 Å². The summed E-state index contributed by atoms with van der Waals surface area (Å²) in [6.45, 7) is 5.58. The summed E-state index contributed by atoms with van der Waals surface area (Å²) >= 11 is 1.30. The summed E-state index contributed by atoms with van der Waals surface area (Å²) in [5.41, 5.74) is 0.381. The molecule has 1 aliphatic heterocycles. The van der Waals surface area contributed by atoms with E-state index >= 15 is 0 Å². The van der Waals surface area contributed by atoms with Crippen LogP contribution in [0.25, 0.3) is 0 Å². The number of esters is 1. The second-order valence-corrected chi connectivity index (χ2v) is 6.84. The van der Waals surface area contributed by atoms with Gasteiger partial charge in [-0.3, -0.25) is 14.5 Å². The molecule has 8 heteroatoms. The molecule has 1 aliphatic rings. The first kappa shape index (κ1) is 19.4. The Labute approximate surface area is 151 Å². The third-order valence-corrected chi connectivity index (χ3v) is 4.80. The molecule has 1 fully saturated rings. The number of amides is 2. The summed E-state index contributed by atoms with van der Waals surface area (Å²) in [6.07, 6.45) is 2.34. The van der Waals surface area contributed by atoms with Gasteiger partial charge in [0.2, 0.25) is 11.8 Å². The van der Waals surface area contributed by atoms with Gasteiger partial charge in [0.25, 0.3) is 0 Å². The van der Waals surface area contributed by atoms with E-state index in [9.17, 15) is 14.4 Å². The molecular formula is C17H25N3O4S. The summed E-state index contributed by atoms with van der Waals surface area (Å²) < 4.78 is 4.99. The average molecular weight is 367 g/mol. The van der Waals surface area contributed by atoms with Gasteiger partial charge in [-0.25, -0.2) is 4.79 Å². The van der Waals surface area contributed by atoms with Crippen LogP contribution < -0.4 is 10.6 Å². The van der Waals surface area contributed by atoms with E-state index in [1.165, 1.54) is 11.3 Å². The van der Waals surface area contributed by atoms with Crippen LogP contribution in [-0.4, -0.2) is 55.0 Å². The highest BCUT2D eigenvalue weighted by molar-refractivity contribution is 7.14. The van der Waals surface area contributed by atoms with E-state index < -0.39 is 5.97 Å². The van der Waals surface area contributed by atoms with Crippen molar-refractivity contribution in [1.29, 1.82) is 0 Å². The molecule has 1 aromatic rings. The van der Waals surface area contributed by atoms with Gasteiger partial charge in [0, 0.05) is 19.0 Å². The van der Waals surface area contributed by atoms with Crippen molar-refractivity contribution in [2.45, 2.75) is 39.2 Å². The van der Waals surface area contributed by atoms with Gasteiger partial charge in [0.1, 0.15) is 5.00 Å². The maximum Gasteiger partial charge on any atom is 0.341 e. The normalized spacial score (nSPS) is 17.8. The van der Waals surface area contributed by atoms with Crippen LogP contribution >= 0.6 is 11.3 Å². The molecule has 0 radical (unpaired) electrons. The molecule has 0 bridgehead atoms. The number of ether oxygens (including phenoxy) is 1. The molecule has 0 spiro atoms. The maximum atomic E-state index is 12.3. The average Bonchev–Trinajstić information content (AvgIpc) is 3.03. The quantitative estimate of drug-likeness (QED) is 0.718. The zero-order valence-corrected chi connectivity index (χ0v) is 15.5. The SMILES string of the molecule is CCOC(=O)c1ccsc1NC(=O)CN1CCCC(NC(=O)CC)C1. The topological polar surface area (TPSA) is 87.7 Å². The predicted octanol–water partition coefficient (Wildman–Crippen LogP) is 1.85. The first-order chi connectivity index (χ1) is 12.0. The van der Waals surface area contributed by atoms with Crippen LogP contribution in [0.1, 0.15) is 43.5 Å². The lowest BCUT2D eigenvalue weighted by molar-refractivity contribution is -0.121. The molecule has 2 N–H and O–H groups in total. The fourth-order valence-electron chi connectivity index (χ4n) is 2.79. The van der Waals surface area contributed by atoms with Crippen molar-refractivity contribution in [2.24, 2.45) is 0 Å². The largest absolute Gasteiger partial charge is 0.462 e. The van der Waals surface area contributed by atoms with Gasteiger partial charge in [0.15, 0.2) is 0 Å². The van der Waals surface area contributed by atoms with Crippen molar-refractivity contribution < 1.29 is 19.1 Å². The van der Waals surface area contributed by atoms with Crippen molar-refractivity contribution in [3.8, 4) is 0 Å². The van der Waals surface area contributed by atoms with Gasteiger partial charge in [-0.2, -0.15) is 0 Å². The highest BCUT2D eigenvalue weighted by Gasteiger charge is 2.23. The van der Waals surface area contributed by atoms with Crippen molar-refractivity contribution in [3.63, 3.8) is 0 Å². The Morgan fingerprint density at radius 2 is 2.12 bits per heavy atom. The molecule has 7 nitrogen and oxygen atoms in total. The number of hydrogen-bond donors (Lipinski definition) is 2. The molecule has 2 heterocycles. The number of hydrogen-bond acceptors (Lipinski definition) is 6. The van der Waals surface area contributed by atoms with E-state index in [1.54, 1.807) is 18.4 Å². The second kappa shape index (κ2) is 9.53. The molecule has 1 saturated heterocycles. The number of likely N-dealkylation sites (tertiary alicyclic amines) is 1. The van der Waals surface area contributed by atoms with Crippen molar-refractivity contribution in [1.82, 2.24) is 10.2 Å². The summed E-state index contributed by atoms with van der Waals surface area (Å²) in [6, 6.07) is 1.74. The van der Waals surface area contributed by atoms with Gasteiger partial charge in [-0.05, 0) is 37.8 Å². The number of piperidine rings is 1. The maximum absolute atomic E-state index is 12.3. The van der Waals surface area contributed by atoms with E-state index in [1.807, 2.05) is 11.8 Å². The molecule has 2 amide bonds. The zero-order valence-electron chi connectivity index (χ0n) is 14.7. The Kier molecular flexibility index (Phi) is 7.39. The fourth-order valence-corrected chi connectivity index (χ4v) is 3.58. The summed E-state index contributed by atoms with van der Waals surface area (Å²) in [7, 11) is 0. The van der Waals surface area contributed by atoms with Gasteiger partial charge >= 0.3 is 5.97 Å². The lowest BCUT2D eigenvalue weighted by Gasteiger charge is -2.32. The monoisotopic (exact) mass is 367 g/mol. The van der Waals surface area contributed by atoms with Crippen molar-refractivity contribution >= 4 is 34.1 Å². The van der Waals surface area contributed by atoms with E-state index in [2.05, 4.69) is 10.6 Å². The van der Waals surface area contributed by atoms with E-state index in [4.69, 9.17) is 4.74 Å². The number of nitrogens with zero attached hydrogens (tertiary/aromatic N) is 1. The first-order valence-corrected chi connectivity index (χ1v) is 9.47. The van der Waals surface area contributed by atoms with Gasteiger partial charge < -0.3 is 15.4 Å². The molecule has 138 valence electrons. The minimum absolute atomic E-state index is 0.0361. The van der Waals surface area contributed by atoms with E-state index in [0.717, 1.165) is 19.4 Å². The van der Waals surface area contributed by atoms with Crippen LogP contribution in [0.4, 0.5) is 5.00 Å². The highest BCUT2D eigenvalue weighted by Crippen LogP contribution is 2.24. The Balaban J connectivity index is 1.87. The number of rotatable bonds is 7. The Bertz CT molecular complexity index is 617. The summed E-state index contributed by atoms with van der Waals surface area (Å²) in [4.78, 5) is 37.7. The molecule has 0 aromatic carbocycles. The molecule has 1 unspecified atom stereocenters. The van der Waals surface area contributed by atoms with Crippen LogP contribution in [0.5, 0.6) is 0 Å². The Morgan fingerprint density at radius 1 is 1.32 bits per heavy atom. The lowest BCUT2D eigenvalue weighted by Crippen LogP contribution is -2.49. The zero-order chi connectivity index (χ0) is 18.2. The minimum atomic E-state index is -0.431. The van der Waals surface area contributed by atoms with Gasteiger partial charge in [-0.1, -0.05) is 6.92 Å². The van der Waals surface area contributed by atoms with Crippen LogP contribution in [0.2, 0.25) is 0 Å². The molecule has 1 atom stereocenters. The molecule has 0 saturated carbocycles. The molecule has 1 aromatic heterocycles. The van der Waals surface area contributed by atoms with Crippen LogP contribution in [0, 0.1) is 0 Å². The number of thiophene rings is 1. The number of carbonyl (C=O) groups is 3. The smallest absolute Gasteiger partial charge is 0.341 e. The van der Waals surface area contributed by atoms with Crippen LogP contribution in [0.3, 0.4) is 0 Å². The molecular weight excluding hydrogens is 342 g/mol. The Hall–Kier alpha value is -1.93. The molecule has 0 aliphatic carbocycles. The van der Waals surface area contributed by atoms with Crippen molar-refractivity contribution in [2.75, 3.05) is 31.6 Å². The van der Waals surface area contributed by atoms with Crippen LogP contribution in [0.15, 0.2) is 11.4 Å². The standard InChI is InChI=1S/C17H25N3O4S/c1-3-14(21)18-12-6-5-8-20(10-12)11-15(22)19-16-13(7-9-25-16)17(23)24-4-2/h7,9,12H,3-6,8,10-11H2,1-2H3,(H,18,21)(H,19,22). The molecule has 2 rings (SSSR count). The number of carbonyl (C=O) groups excluding carboxylic acids is 3. The summed E-state index contributed by atoms with van der Waals surface area (Å²) in [5, 5.41) is 8.04. The highest BCUT2D eigenvalue weighted by atomic mass is 32.1.